The third-order valence-electron chi connectivity index (χ3n) is 3.83. The zero-order valence-corrected chi connectivity index (χ0v) is 15.3. The predicted molar refractivity (Wildman–Crippen MR) is 101 cm³/mol. The molecule has 5 heteroatoms. The van der Waals surface area contributed by atoms with Crippen molar-refractivity contribution in [2.24, 2.45) is 0 Å². The quantitative estimate of drug-likeness (QED) is 0.771. The Bertz CT molecular complexity index is 674. The van der Waals surface area contributed by atoms with Crippen LogP contribution < -0.4 is 20.1 Å². The minimum atomic E-state index is -0.261. The van der Waals surface area contributed by atoms with Gasteiger partial charge in [0.15, 0.2) is 0 Å². The topological polar surface area (TPSA) is 59.6 Å². The Balaban J connectivity index is 2.06. The van der Waals surface area contributed by atoms with Crippen molar-refractivity contribution < 1.29 is 14.3 Å². The molecule has 0 saturated carbocycles. The van der Waals surface area contributed by atoms with Crippen molar-refractivity contribution in [3.63, 3.8) is 0 Å². The monoisotopic (exact) mass is 342 g/mol. The summed E-state index contributed by atoms with van der Waals surface area (Å²) >= 11 is 0. The third-order valence-corrected chi connectivity index (χ3v) is 3.83. The van der Waals surface area contributed by atoms with Crippen molar-refractivity contribution in [2.75, 3.05) is 26.1 Å². The first-order valence-electron chi connectivity index (χ1n) is 8.39. The van der Waals surface area contributed by atoms with Crippen LogP contribution in [0.15, 0.2) is 42.5 Å². The molecule has 25 heavy (non-hydrogen) atoms. The van der Waals surface area contributed by atoms with E-state index in [-0.39, 0.29) is 5.91 Å². The molecule has 0 aromatic heterocycles. The Labute approximate surface area is 149 Å². The highest BCUT2D eigenvalue weighted by Crippen LogP contribution is 2.29. The Morgan fingerprint density at radius 3 is 2.12 bits per heavy atom. The van der Waals surface area contributed by atoms with Crippen LogP contribution in [0.25, 0.3) is 0 Å². The van der Waals surface area contributed by atoms with E-state index in [0.717, 1.165) is 18.7 Å². The molecule has 0 heterocycles. The number of carbonyl (C=O) groups excluding carboxylic acids is 1. The number of amides is 1. The highest BCUT2D eigenvalue weighted by Gasteiger charge is 2.18. The summed E-state index contributed by atoms with van der Waals surface area (Å²) in [7, 11) is 3.07. The van der Waals surface area contributed by atoms with Gasteiger partial charge in [-0.15, -0.1) is 0 Å². The van der Waals surface area contributed by atoms with Crippen LogP contribution in [-0.2, 0) is 6.42 Å². The standard InChI is InChI=1S/C20H26N2O3/c1-14(2)21-13-12-15-8-10-16(11-9-15)22-20(23)19-17(24-3)6-5-7-18(19)25-4/h5-11,14,21H,12-13H2,1-4H3,(H,22,23). The second kappa shape index (κ2) is 9.08. The van der Waals surface area contributed by atoms with Crippen molar-refractivity contribution in [1.29, 1.82) is 0 Å². The van der Waals surface area contributed by atoms with E-state index in [2.05, 4.69) is 24.5 Å². The van der Waals surface area contributed by atoms with Gasteiger partial charge in [0.05, 0.1) is 14.2 Å². The molecule has 0 fully saturated rings. The number of hydrogen-bond acceptors (Lipinski definition) is 4. The number of carbonyl (C=O) groups is 1. The van der Waals surface area contributed by atoms with Crippen LogP contribution in [0.1, 0.15) is 29.8 Å². The molecule has 0 aliphatic carbocycles. The van der Waals surface area contributed by atoms with Gasteiger partial charge in [0.1, 0.15) is 17.1 Å². The van der Waals surface area contributed by atoms with Crippen molar-refractivity contribution >= 4 is 11.6 Å². The minimum Gasteiger partial charge on any atom is -0.496 e. The molecular formula is C20H26N2O3. The molecule has 0 aliphatic rings. The summed E-state index contributed by atoms with van der Waals surface area (Å²) < 4.78 is 10.6. The van der Waals surface area contributed by atoms with Crippen LogP contribution in [-0.4, -0.2) is 32.7 Å². The maximum Gasteiger partial charge on any atom is 0.263 e. The molecule has 0 spiro atoms. The van der Waals surface area contributed by atoms with E-state index in [4.69, 9.17) is 9.47 Å². The van der Waals surface area contributed by atoms with E-state index >= 15 is 0 Å². The second-order valence-corrected chi connectivity index (χ2v) is 6.05. The number of nitrogens with one attached hydrogen (secondary N) is 2. The zero-order valence-electron chi connectivity index (χ0n) is 15.3. The van der Waals surface area contributed by atoms with Crippen LogP contribution in [0.5, 0.6) is 11.5 Å². The lowest BCUT2D eigenvalue weighted by Crippen LogP contribution is -2.24. The highest BCUT2D eigenvalue weighted by atomic mass is 16.5. The molecule has 134 valence electrons. The molecule has 0 aliphatic heterocycles. The Kier molecular flexibility index (Phi) is 6.83. The Morgan fingerprint density at radius 1 is 1.00 bits per heavy atom. The summed E-state index contributed by atoms with van der Waals surface area (Å²) in [5.74, 6) is 0.699. The summed E-state index contributed by atoms with van der Waals surface area (Å²) in [5, 5.41) is 6.28. The number of benzene rings is 2. The molecule has 0 saturated heterocycles. The lowest BCUT2D eigenvalue weighted by Gasteiger charge is -2.13. The van der Waals surface area contributed by atoms with Gasteiger partial charge in [-0.05, 0) is 42.8 Å². The summed E-state index contributed by atoms with van der Waals surface area (Å²) in [6.07, 6.45) is 0.951. The Morgan fingerprint density at radius 2 is 1.60 bits per heavy atom. The lowest BCUT2D eigenvalue weighted by atomic mass is 10.1. The predicted octanol–water partition coefficient (Wildman–Crippen LogP) is 3.50. The fourth-order valence-electron chi connectivity index (χ4n) is 2.53. The van der Waals surface area contributed by atoms with E-state index in [1.165, 1.54) is 19.8 Å². The average Bonchev–Trinajstić information content (AvgIpc) is 2.62. The van der Waals surface area contributed by atoms with Crippen molar-refractivity contribution in [3.8, 4) is 11.5 Å². The number of methoxy groups -OCH3 is 2. The van der Waals surface area contributed by atoms with Crippen LogP contribution in [0, 0.1) is 0 Å². The number of rotatable bonds is 8. The highest BCUT2D eigenvalue weighted by molar-refractivity contribution is 6.08. The SMILES string of the molecule is COc1cccc(OC)c1C(=O)Nc1ccc(CCNC(C)C)cc1. The number of ether oxygens (including phenoxy) is 2. The van der Waals surface area contributed by atoms with Crippen molar-refractivity contribution in [3.05, 3.63) is 53.6 Å². The molecule has 0 unspecified atom stereocenters. The average molecular weight is 342 g/mol. The van der Waals surface area contributed by atoms with Crippen molar-refractivity contribution in [2.45, 2.75) is 26.3 Å². The molecule has 0 atom stereocenters. The third kappa shape index (κ3) is 5.22. The maximum atomic E-state index is 12.6. The van der Waals surface area contributed by atoms with E-state index in [0.29, 0.717) is 23.1 Å². The Hall–Kier alpha value is -2.53. The molecule has 0 radical (unpaired) electrons. The van der Waals surface area contributed by atoms with Gasteiger partial charge >= 0.3 is 0 Å². The minimum absolute atomic E-state index is 0.261. The van der Waals surface area contributed by atoms with Gasteiger partial charge in [0.2, 0.25) is 0 Å². The first-order chi connectivity index (χ1) is 12.0. The fraction of sp³-hybridized carbons (Fsp3) is 0.350. The molecule has 0 bridgehead atoms. The summed E-state index contributed by atoms with van der Waals surface area (Å²) in [4.78, 5) is 12.6. The summed E-state index contributed by atoms with van der Waals surface area (Å²) in [6.45, 7) is 5.19. The molecule has 2 aromatic carbocycles. The summed E-state index contributed by atoms with van der Waals surface area (Å²) in [5.41, 5.74) is 2.34. The van der Waals surface area contributed by atoms with Crippen LogP contribution in [0.4, 0.5) is 5.69 Å². The van der Waals surface area contributed by atoms with Crippen LogP contribution in [0.3, 0.4) is 0 Å². The van der Waals surface area contributed by atoms with Gasteiger partial charge in [-0.25, -0.2) is 0 Å². The van der Waals surface area contributed by atoms with Gasteiger partial charge in [-0.3, -0.25) is 4.79 Å². The van der Waals surface area contributed by atoms with Gasteiger partial charge < -0.3 is 20.1 Å². The molecule has 2 N–H and O–H groups in total. The molecule has 2 aromatic rings. The maximum absolute atomic E-state index is 12.6. The number of hydrogen-bond donors (Lipinski definition) is 2. The van der Waals surface area contributed by atoms with Gasteiger partial charge in [0, 0.05) is 11.7 Å². The van der Waals surface area contributed by atoms with Crippen LogP contribution >= 0.6 is 0 Å². The van der Waals surface area contributed by atoms with Gasteiger partial charge in [-0.2, -0.15) is 0 Å². The molecule has 2 rings (SSSR count). The largest absolute Gasteiger partial charge is 0.496 e. The normalized spacial score (nSPS) is 10.6. The molecule has 1 amide bonds. The molecular weight excluding hydrogens is 316 g/mol. The summed E-state index contributed by atoms with van der Waals surface area (Å²) in [6, 6.07) is 13.6. The van der Waals surface area contributed by atoms with E-state index in [1.54, 1.807) is 18.2 Å². The van der Waals surface area contributed by atoms with Gasteiger partial charge in [-0.1, -0.05) is 32.0 Å². The van der Waals surface area contributed by atoms with Crippen LogP contribution in [0.2, 0.25) is 0 Å². The first kappa shape index (κ1) is 18.8. The van der Waals surface area contributed by atoms with E-state index in [1.807, 2.05) is 24.3 Å². The van der Waals surface area contributed by atoms with E-state index < -0.39 is 0 Å². The van der Waals surface area contributed by atoms with Crippen molar-refractivity contribution in [1.82, 2.24) is 5.32 Å². The van der Waals surface area contributed by atoms with Gasteiger partial charge in [0.25, 0.3) is 5.91 Å². The smallest absolute Gasteiger partial charge is 0.263 e. The lowest BCUT2D eigenvalue weighted by molar-refractivity contribution is 0.102. The molecule has 5 nitrogen and oxygen atoms in total. The zero-order chi connectivity index (χ0) is 18.2. The number of anilines is 1. The first-order valence-corrected chi connectivity index (χ1v) is 8.39. The second-order valence-electron chi connectivity index (χ2n) is 6.05. The fourth-order valence-corrected chi connectivity index (χ4v) is 2.53. The van der Waals surface area contributed by atoms with E-state index in [9.17, 15) is 4.79 Å².